The fourth-order valence-electron chi connectivity index (χ4n) is 3.91. The second kappa shape index (κ2) is 7.11. The molecule has 3 aromatic rings. The first-order valence-corrected chi connectivity index (χ1v) is 9.41. The first-order valence-electron chi connectivity index (χ1n) is 9.41. The van der Waals surface area contributed by atoms with Crippen molar-refractivity contribution in [1.82, 2.24) is 15.0 Å². The molecule has 0 bridgehead atoms. The summed E-state index contributed by atoms with van der Waals surface area (Å²) in [6, 6.07) is 7.37. The highest BCUT2D eigenvalue weighted by molar-refractivity contribution is 5.95. The van der Waals surface area contributed by atoms with Crippen molar-refractivity contribution >= 4 is 28.1 Å². The van der Waals surface area contributed by atoms with E-state index in [-0.39, 0.29) is 24.9 Å². The van der Waals surface area contributed by atoms with Crippen molar-refractivity contribution in [3.63, 3.8) is 0 Å². The first-order chi connectivity index (χ1) is 14.1. The van der Waals surface area contributed by atoms with Crippen LogP contribution in [-0.2, 0) is 9.47 Å². The molecule has 29 heavy (non-hydrogen) atoms. The third-order valence-corrected chi connectivity index (χ3v) is 5.23. The molecule has 2 aliphatic rings. The van der Waals surface area contributed by atoms with Crippen molar-refractivity contribution in [2.75, 3.05) is 24.3 Å². The van der Waals surface area contributed by atoms with E-state index in [4.69, 9.17) is 19.9 Å². The number of hydrogen-bond donors (Lipinski definition) is 3. The molecular formula is C20H21N5O4. The van der Waals surface area contributed by atoms with Gasteiger partial charge < -0.3 is 30.4 Å². The Morgan fingerprint density at radius 3 is 2.93 bits per heavy atom. The van der Waals surface area contributed by atoms with Crippen LogP contribution in [0.3, 0.4) is 0 Å². The van der Waals surface area contributed by atoms with E-state index in [2.05, 4.69) is 20.3 Å². The van der Waals surface area contributed by atoms with Crippen molar-refractivity contribution in [3.8, 4) is 5.88 Å². The van der Waals surface area contributed by atoms with Gasteiger partial charge in [-0.15, -0.1) is 0 Å². The Kier molecular flexibility index (Phi) is 4.42. The lowest BCUT2D eigenvalue weighted by Crippen LogP contribution is -2.34. The van der Waals surface area contributed by atoms with Gasteiger partial charge in [0.1, 0.15) is 36.1 Å². The van der Waals surface area contributed by atoms with E-state index in [0.717, 1.165) is 16.5 Å². The van der Waals surface area contributed by atoms with Crippen molar-refractivity contribution in [3.05, 3.63) is 42.4 Å². The molecule has 9 nitrogen and oxygen atoms in total. The highest BCUT2D eigenvalue weighted by atomic mass is 16.6. The Hall–Kier alpha value is -3.01. The van der Waals surface area contributed by atoms with Gasteiger partial charge in [-0.3, -0.25) is 0 Å². The Bertz CT molecular complexity index is 1060. The van der Waals surface area contributed by atoms with Crippen molar-refractivity contribution in [2.45, 2.75) is 31.3 Å². The summed E-state index contributed by atoms with van der Waals surface area (Å²) in [6.07, 6.45) is 1.49. The molecule has 9 heteroatoms. The lowest BCUT2D eigenvalue weighted by Gasteiger charge is -2.19. The zero-order chi connectivity index (χ0) is 20.0. The summed E-state index contributed by atoms with van der Waals surface area (Å²) in [5.74, 6) is 1.05. The van der Waals surface area contributed by atoms with Crippen LogP contribution in [0.15, 0.2) is 36.8 Å². The second-order valence-electron chi connectivity index (χ2n) is 7.25. The predicted octanol–water partition coefficient (Wildman–Crippen LogP) is 1.56. The van der Waals surface area contributed by atoms with E-state index in [9.17, 15) is 5.11 Å². The largest absolute Gasteiger partial charge is 0.468 e. The Balaban J connectivity index is 1.45. The van der Waals surface area contributed by atoms with E-state index in [0.29, 0.717) is 29.7 Å². The maximum absolute atomic E-state index is 9.92. The van der Waals surface area contributed by atoms with Gasteiger partial charge in [0, 0.05) is 17.3 Å². The number of hydrogen-bond acceptors (Lipinski definition) is 9. The van der Waals surface area contributed by atoms with E-state index < -0.39 is 6.10 Å². The molecule has 4 N–H and O–H groups in total. The van der Waals surface area contributed by atoms with E-state index in [1.165, 1.54) is 6.33 Å². The smallest absolute Gasteiger partial charge is 0.238 e. The fourth-order valence-corrected chi connectivity index (χ4v) is 3.91. The van der Waals surface area contributed by atoms with E-state index in [1.54, 1.807) is 6.20 Å². The standard InChI is InChI=1S/C20H21N5O4/c1-10-5-11(21)6-13-16(10)19(24-9-23-13)25-12-3-2-4-22-20(12)29-15-8-28-17-14(26)7-27-18(15)17/h2-6,9,14-15,17-18,26H,7-8,21H2,1H3,(H,23,24,25)/t14?,15-,17?,18?/m1/s1. The van der Waals surface area contributed by atoms with Crippen LogP contribution in [0, 0.1) is 6.92 Å². The fraction of sp³-hybridized carbons (Fsp3) is 0.350. The molecule has 0 amide bonds. The molecule has 3 unspecified atom stereocenters. The number of ether oxygens (including phenoxy) is 3. The Labute approximate surface area is 166 Å². The van der Waals surface area contributed by atoms with Crippen LogP contribution < -0.4 is 15.8 Å². The molecule has 2 saturated heterocycles. The number of aliphatic hydroxyl groups excluding tert-OH is 1. The summed E-state index contributed by atoms with van der Waals surface area (Å²) in [6.45, 7) is 2.54. The van der Waals surface area contributed by atoms with Gasteiger partial charge >= 0.3 is 0 Å². The number of aromatic nitrogens is 3. The van der Waals surface area contributed by atoms with E-state index >= 15 is 0 Å². The molecular weight excluding hydrogens is 374 g/mol. The topological polar surface area (TPSA) is 125 Å². The molecule has 2 aromatic heterocycles. The van der Waals surface area contributed by atoms with Crippen molar-refractivity contribution in [1.29, 1.82) is 0 Å². The van der Waals surface area contributed by atoms with Crippen LogP contribution in [0.2, 0.25) is 0 Å². The summed E-state index contributed by atoms with van der Waals surface area (Å²) in [4.78, 5) is 13.1. The zero-order valence-corrected chi connectivity index (χ0v) is 15.8. The number of nitrogens with zero attached hydrogens (tertiary/aromatic N) is 3. The van der Waals surface area contributed by atoms with Crippen molar-refractivity contribution in [2.24, 2.45) is 0 Å². The van der Waals surface area contributed by atoms with Gasteiger partial charge in [0.25, 0.3) is 0 Å². The molecule has 0 aliphatic carbocycles. The average molecular weight is 395 g/mol. The molecule has 5 rings (SSSR count). The Morgan fingerprint density at radius 1 is 1.17 bits per heavy atom. The number of pyridine rings is 1. The van der Waals surface area contributed by atoms with Gasteiger partial charge in [-0.2, -0.15) is 0 Å². The highest BCUT2D eigenvalue weighted by Gasteiger charge is 2.48. The van der Waals surface area contributed by atoms with Gasteiger partial charge in [-0.05, 0) is 36.8 Å². The highest BCUT2D eigenvalue weighted by Crippen LogP contribution is 2.34. The Morgan fingerprint density at radius 2 is 2.03 bits per heavy atom. The number of nitrogens with two attached hydrogens (primary N) is 1. The summed E-state index contributed by atoms with van der Waals surface area (Å²) < 4.78 is 17.4. The molecule has 1 aromatic carbocycles. The lowest BCUT2D eigenvalue weighted by molar-refractivity contribution is 0.00795. The van der Waals surface area contributed by atoms with Crippen LogP contribution in [0.5, 0.6) is 5.88 Å². The number of nitrogens with one attached hydrogen (secondary N) is 1. The number of benzene rings is 1. The summed E-state index contributed by atoms with van der Waals surface area (Å²) in [5, 5.41) is 14.1. The summed E-state index contributed by atoms with van der Waals surface area (Å²) in [7, 11) is 0. The maximum Gasteiger partial charge on any atom is 0.238 e. The minimum Gasteiger partial charge on any atom is -0.468 e. The molecule has 150 valence electrons. The number of aliphatic hydroxyl groups is 1. The maximum atomic E-state index is 9.92. The van der Waals surface area contributed by atoms with Crippen molar-refractivity contribution < 1.29 is 19.3 Å². The quantitative estimate of drug-likeness (QED) is 0.564. The monoisotopic (exact) mass is 395 g/mol. The first kappa shape index (κ1) is 18.0. The van der Waals surface area contributed by atoms with Crippen LogP contribution in [0.4, 0.5) is 17.2 Å². The summed E-state index contributed by atoms with van der Waals surface area (Å²) >= 11 is 0. The average Bonchev–Trinajstić information content (AvgIpc) is 3.26. The van der Waals surface area contributed by atoms with Crippen LogP contribution in [-0.4, -0.2) is 57.7 Å². The minimum atomic E-state index is -0.627. The molecule has 4 heterocycles. The van der Waals surface area contributed by atoms with Gasteiger partial charge in [-0.1, -0.05) is 0 Å². The number of aryl methyl sites for hydroxylation is 1. The normalized spacial score (nSPS) is 25.9. The van der Waals surface area contributed by atoms with Gasteiger partial charge in [-0.25, -0.2) is 15.0 Å². The van der Waals surface area contributed by atoms with Crippen LogP contribution >= 0.6 is 0 Å². The third kappa shape index (κ3) is 3.23. The summed E-state index contributed by atoms with van der Waals surface area (Å²) in [5.41, 5.74) is 8.98. The molecule has 4 atom stereocenters. The molecule has 2 fully saturated rings. The SMILES string of the molecule is Cc1cc(N)cc2ncnc(Nc3cccnc3O[C@@H]3COC4C(O)COC43)c12. The number of nitrogen functional groups attached to an aromatic ring is 1. The van der Waals surface area contributed by atoms with Gasteiger partial charge in [0.05, 0.1) is 18.7 Å². The zero-order valence-electron chi connectivity index (χ0n) is 15.8. The van der Waals surface area contributed by atoms with Gasteiger partial charge in [0.2, 0.25) is 5.88 Å². The number of anilines is 3. The molecule has 0 radical (unpaired) electrons. The lowest BCUT2D eigenvalue weighted by atomic mass is 10.1. The van der Waals surface area contributed by atoms with E-state index in [1.807, 2.05) is 31.2 Å². The molecule has 0 saturated carbocycles. The third-order valence-electron chi connectivity index (χ3n) is 5.23. The van der Waals surface area contributed by atoms with Crippen LogP contribution in [0.1, 0.15) is 5.56 Å². The molecule has 2 aliphatic heterocycles. The second-order valence-corrected chi connectivity index (χ2v) is 7.25. The van der Waals surface area contributed by atoms with Gasteiger partial charge in [0.15, 0.2) is 6.10 Å². The number of fused-ring (bicyclic) bond motifs is 2. The number of rotatable bonds is 4. The predicted molar refractivity (Wildman–Crippen MR) is 106 cm³/mol. The minimum absolute atomic E-state index is 0.248. The van der Waals surface area contributed by atoms with Crippen LogP contribution in [0.25, 0.3) is 10.9 Å². The molecule has 0 spiro atoms.